The number of hydrogen-bond acceptors (Lipinski definition) is 5. The van der Waals surface area contributed by atoms with E-state index in [0.717, 1.165) is 37.7 Å². The lowest BCUT2D eigenvalue weighted by Gasteiger charge is -2.34. The van der Waals surface area contributed by atoms with Gasteiger partial charge in [0.25, 0.3) is 0 Å². The summed E-state index contributed by atoms with van der Waals surface area (Å²) >= 11 is 12.3. The van der Waals surface area contributed by atoms with Gasteiger partial charge in [-0.25, -0.2) is 0 Å². The number of likely N-dealkylation sites (tertiary alicyclic amines) is 1. The van der Waals surface area contributed by atoms with Crippen LogP contribution in [0.3, 0.4) is 0 Å². The highest BCUT2D eigenvalue weighted by molar-refractivity contribution is 6.35. The van der Waals surface area contributed by atoms with E-state index in [1.165, 1.54) is 0 Å². The average molecular weight is 599 g/mol. The van der Waals surface area contributed by atoms with Crippen molar-refractivity contribution in [2.45, 2.75) is 69.4 Å². The summed E-state index contributed by atoms with van der Waals surface area (Å²) < 4.78 is 12.3. The third kappa shape index (κ3) is 5.11. The van der Waals surface area contributed by atoms with Crippen LogP contribution in [0.25, 0.3) is 0 Å². The zero-order valence-corrected chi connectivity index (χ0v) is 24.3. The number of hydrogen-bond donors (Lipinski definition) is 2. The Bertz CT molecular complexity index is 1370. The van der Waals surface area contributed by atoms with E-state index in [9.17, 15) is 14.4 Å². The third-order valence-corrected chi connectivity index (χ3v) is 9.06. The van der Waals surface area contributed by atoms with Gasteiger partial charge in [-0.1, -0.05) is 72.8 Å². The van der Waals surface area contributed by atoms with Gasteiger partial charge >= 0.3 is 0 Å². The molecule has 1 spiro atoms. The van der Waals surface area contributed by atoms with Crippen LogP contribution < -0.4 is 15.4 Å². The molecule has 10 heteroatoms. The minimum Gasteiger partial charge on any atom is -0.494 e. The molecule has 2 bridgehead atoms. The number of ether oxygens (including phenoxy) is 2. The number of nitrogens with one attached hydrogen (secondary N) is 2. The maximum atomic E-state index is 14.3. The highest BCUT2D eigenvalue weighted by Crippen LogP contribution is 2.55. The lowest BCUT2D eigenvalue weighted by atomic mass is 9.74. The Balaban J connectivity index is 1.34. The molecule has 0 radical (unpaired) electrons. The number of halogens is 2. The molecule has 2 aromatic carbocycles. The highest BCUT2D eigenvalue weighted by atomic mass is 35.5. The summed E-state index contributed by atoms with van der Waals surface area (Å²) in [7, 11) is 0. The molecule has 6 rings (SSSR count). The summed E-state index contributed by atoms with van der Waals surface area (Å²) in [5.74, 6) is -1.99. The van der Waals surface area contributed by atoms with Crippen molar-refractivity contribution in [2.75, 3.05) is 11.9 Å². The second-order valence-corrected chi connectivity index (χ2v) is 12.1. The molecule has 8 nitrogen and oxygen atoms in total. The van der Waals surface area contributed by atoms with Crippen molar-refractivity contribution in [3.63, 3.8) is 0 Å². The highest BCUT2D eigenvalue weighted by Gasteiger charge is 2.72. The van der Waals surface area contributed by atoms with E-state index < -0.39 is 29.6 Å². The molecule has 2 aromatic rings. The minimum absolute atomic E-state index is 0.0496. The first-order valence-corrected chi connectivity index (χ1v) is 15.0. The Morgan fingerprint density at radius 3 is 2.54 bits per heavy atom. The van der Waals surface area contributed by atoms with Crippen LogP contribution >= 0.6 is 23.2 Å². The molecule has 0 unspecified atom stereocenters. The number of nitrogens with zero attached hydrogens (tertiary/aromatic N) is 1. The van der Waals surface area contributed by atoms with Crippen molar-refractivity contribution in [2.24, 2.45) is 11.8 Å². The lowest BCUT2D eigenvalue weighted by Crippen LogP contribution is -2.56. The Kier molecular flexibility index (Phi) is 7.74. The van der Waals surface area contributed by atoms with Crippen LogP contribution in [0.5, 0.6) is 5.75 Å². The minimum atomic E-state index is -1.25. The number of carbonyl (C=O) groups is 3. The Labute approximate surface area is 249 Å². The first-order chi connectivity index (χ1) is 19.8. The molecule has 41 heavy (non-hydrogen) atoms. The van der Waals surface area contributed by atoms with E-state index >= 15 is 0 Å². The van der Waals surface area contributed by atoms with E-state index in [0.29, 0.717) is 28.1 Å². The number of fused-ring (bicyclic) bond motifs is 1. The van der Waals surface area contributed by atoms with Crippen molar-refractivity contribution >= 4 is 46.6 Å². The fourth-order valence-electron chi connectivity index (χ4n) is 6.93. The number of carbonyl (C=O) groups excluding carboxylic acids is 3. The summed E-state index contributed by atoms with van der Waals surface area (Å²) in [6.07, 6.45) is 8.07. The predicted octanol–water partition coefficient (Wildman–Crippen LogP) is 5.13. The molecule has 3 aliphatic heterocycles. The number of anilines is 1. The fourth-order valence-corrected chi connectivity index (χ4v) is 7.46. The lowest BCUT2D eigenvalue weighted by molar-refractivity contribution is -0.142. The van der Waals surface area contributed by atoms with Gasteiger partial charge in [0.1, 0.15) is 17.4 Å². The van der Waals surface area contributed by atoms with Gasteiger partial charge in [0.2, 0.25) is 17.7 Å². The molecule has 0 aromatic heterocycles. The van der Waals surface area contributed by atoms with E-state index in [1.54, 1.807) is 29.2 Å². The molecule has 3 heterocycles. The monoisotopic (exact) mass is 597 g/mol. The van der Waals surface area contributed by atoms with E-state index in [-0.39, 0.29) is 30.3 Å². The predicted molar refractivity (Wildman–Crippen MR) is 156 cm³/mol. The molecule has 5 atom stereocenters. The second-order valence-electron chi connectivity index (χ2n) is 11.2. The van der Waals surface area contributed by atoms with Crippen LogP contribution in [0.4, 0.5) is 5.69 Å². The van der Waals surface area contributed by atoms with E-state index in [2.05, 4.69) is 10.6 Å². The SMILES string of the molecule is CCOc1ccccc1CN1C(=O)[C@@H]2[C@H](C(=O)Nc3cc(Cl)cc(Cl)c3)[C@@H]3C=C[C@@]2(O3)[C@H]1C(=O)NC1CCCCC1. The average Bonchev–Trinajstić information content (AvgIpc) is 3.57. The Morgan fingerprint density at radius 1 is 1.07 bits per heavy atom. The number of amides is 3. The Morgan fingerprint density at radius 2 is 1.80 bits per heavy atom. The molecular formula is C31H33Cl2N3O5. The fraction of sp³-hybridized carbons (Fsp3) is 0.452. The largest absolute Gasteiger partial charge is 0.494 e. The third-order valence-electron chi connectivity index (χ3n) is 8.62. The molecule has 4 aliphatic rings. The van der Waals surface area contributed by atoms with Gasteiger partial charge in [-0.3, -0.25) is 14.4 Å². The Hall–Kier alpha value is -3.07. The summed E-state index contributed by atoms with van der Waals surface area (Å²) in [6.45, 7) is 2.51. The van der Waals surface area contributed by atoms with Gasteiger partial charge in [0.05, 0.1) is 31.1 Å². The summed E-state index contributed by atoms with van der Waals surface area (Å²) in [5.41, 5.74) is -0.0508. The van der Waals surface area contributed by atoms with Crippen molar-refractivity contribution in [1.82, 2.24) is 10.2 Å². The molecular weight excluding hydrogens is 565 g/mol. The topological polar surface area (TPSA) is 97.0 Å². The van der Waals surface area contributed by atoms with Gasteiger partial charge in [-0.05, 0) is 44.0 Å². The first kappa shape index (κ1) is 28.1. The number of para-hydroxylation sites is 1. The van der Waals surface area contributed by atoms with E-state index in [1.807, 2.05) is 37.3 Å². The second kappa shape index (κ2) is 11.3. The van der Waals surface area contributed by atoms with Gasteiger partial charge in [-0.15, -0.1) is 0 Å². The van der Waals surface area contributed by atoms with Crippen molar-refractivity contribution < 1.29 is 23.9 Å². The first-order valence-electron chi connectivity index (χ1n) is 14.3. The van der Waals surface area contributed by atoms with Gasteiger partial charge in [0.15, 0.2) is 0 Å². The molecule has 1 aliphatic carbocycles. The molecule has 2 N–H and O–H groups in total. The van der Waals surface area contributed by atoms with Crippen LogP contribution in [-0.2, 0) is 25.7 Å². The summed E-state index contributed by atoms with van der Waals surface area (Å²) in [6, 6.07) is 11.4. The van der Waals surface area contributed by atoms with Gasteiger partial charge in [-0.2, -0.15) is 0 Å². The van der Waals surface area contributed by atoms with Crippen molar-refractivity contribution in [3.05, 3.63) is 70.2 Å². The molecule has 216 valence electrons. The van der Waals surface area contributed by atoms with Gasteiger partial charge in [0, 0.05) is 27.3 Å². The maximum Gasteiger partial charge on any atom is 0.246 e. The van der Waals surface area contributed by atoms with Crippen molar-refractivity contribution in [1.29, 1.82) is 0 Å². The summed E-state index contributed by atoms with van der Waals surface area (Å²) in [4.78, 5) is 43.6. The van der Waals surface area contributed by atoms with Crippen LogP contribution in [0.15, 0.2) is 54.6 Å². The molecule has 3 amide bonds. The number of benzene rings is 2. The standard InChI is InChI=1S/C31H33Cl2N3O5/c1-2-40-23-11-7-6-8-18(23)17-36-27(29(38)34-21-9-4-3-5-10-21)31-13-12-24(41-31)25(26(31)30(36)39)28(37)35-22-15-19(32)14-20(33)16-22/h6-8,11-16,21,24-27H,2-5,9-10,17H2,1H3,(H,34,38)(H,35,37)/t24-,25+,26-,27+,31-/m0/s1. The quantitative estimate of drug-likeness (QED) is 0.411. The van der Waals surface area contributed by atoms with Crippen LogP contribution in [0.2, 0.25) is 10.0 Å². The maximum absolute atomic E-state index is 14.3. The van der Waals surface area contributed by atoms with Crippen LogP contribution in [0.1, 0.15) is 44.6 Å². The van der Waals surface area contributed by atoms with Gasteiger partial charge < -0.3 is 25.0 Å². The number of rotatable bonds is 8. The zero-order chi connectivity index (χ0) is 28.7. The smallest absolute Gasteiger partial charge is 0.246 e. The molecule has 1 saturated carbocycles. The molecule has 3 fully saturated rings. The molecule has 2 saturated heterocycles. The van der Waals surface area contributed by atoms with Crippen LogP contribution in [-0.4, -0.2) is 53.0 Å². The zero-order valence-electron chi connectivity index (χ0n) is 22.8. The van der Waals surface area contributed by atoms with Crippen LogP contribution in [0, 0.1) is 11.8 Å². The van der Waals surface area contributed by atoms with E-state index in [4.69, 9.17) is 32.7 Å². The normalized spacial score (nSPS) is 28.6. The van der Waals surface area contributed by atoms with Crippen molar-refractivity contribution in [3.8, 4) is 5.75 Å². The summed E-state index contributed by atoms with van der Waals surface area (Å²) in [5, 5.41) is 6.84.